The molecule has 19 heavy (non-hydrogen) atoms. The number of alkyl halides is 1. The number of nitrogens with zero attached hydrogens (tertiary/aromatic N) is 1. The summed E-state index contributed by atoms with van der Waals surface area (Å²) in [6.07, 6.45) is 0. The summed E-state index contributed by atoms with van der Waals surface area (Å²) < 4.78 is 25.2. The lowest BCUT2D eigenvalue weighted by Crippen LogP contribution is -2.22. The van der Waals surface area contributed by atoms with Crippen molar-refractivity contribution in [3.8, 4) is 0 Å². The van der Waals surface area contributed by atoms with Crippen LogP contribution in [0.3, 0.4) is 0 Å². The molecular formula is C14H22BrNO2S. The highest BCUT2D eigenvalue weighted by atomic mass is 79.9. The van der Waals surface area contributed by atoms with Crippen LogP contribution in [0.2, 0.25) is 0 Å². The Morgan fingerprint density at radius 3 is 1.89 bits per heavy atom. The van der Waals surface area contributed by atoms with Gasteiger partial charge in [0.05, 0.1) is 4.90 Å². The maximum Gasteiger partial charge on any atom is 0.242 e. The molecule has 1 rings (SSSR count). The van der Waals surface area contributed by atoms with Crippen molar-refractivity contribution in [3.63, 3.8) is 0 Å². The molecule has 1 aromatic carbocycles. The minimum absolute atomic E-state index is 0.337. The monoisotopic (exact) mass is 347 g/mol. The van der Waals surface area contributed by atoms with E-state index in [0.29, 0.717) is 21.6 Å². The van der Waals surface area contributed by atoms with Crippen LogP contribution in [0.15, 0.2) is 29.2 Å². The normalized spacial score (nSPS) is 15.8. The molecular weight excluding hydrogens is 326 g/mol. The van der Waals surface area contributed by atoms with Crippen LogP contribution in [-0.2, 0) is 10.0 Å². The zero-order chi connectivity index (χ0) is 14.8. The van der Waals surface area contributed by atoms with E-state index in [4.69, 9.17) is 0 Å². The summed E-state index contributed by atoms with van der Waals surface area (Å²) in [6, 6.07) is 7.16. The zero-order valence-corrected chi connectivity index (χ0v) is 14.5. The van der Waals surface area contributed by atoms with Crippen molar-refractivity contribution < 1.29 is 8.42 Å². The lowest BCUT2D eigenvalue weighted by atomic mass is 9.92. The Morgan fingerprint density at radius 1 is 1.05 bits per heavy atom. The van der Waals surface area contributed by atoms with Crippen LogP contribution in [0.1, 0.15) is 32.3 Å². The number of rotatable bonds is 5. The van der Waals surface area contributed by atoms with Gasteiger partial charge >= 0.3 is 0 Å². The lowest BCUT2D eigenvalue weighted by Gasteiger charge is -2.22. The highest BCUT2D eigenvalue weighted by Crippen LogP contribution is 2.30. The summed E-state index contributed by atoms with van der Waals surface area (Å²) in [5, 5.41) is 0. The van der Waals surface area contributed by atoms with Crippen molar-refractivity contribution >= 4 is 26.0 Å². The largest absolute Gasteiger partial charge is 0.242 e. The maximum atomic E-state index is 12.0. The second-order valence-electron chi connectivity index (χ2n) is 5.33. The van der Waals surface area contributed by atoms with E-state index in [1.165, 1.54) is 4.31 Å². The van der Waals surface area contributed by atoms with Gasteiger partial charge in [-0.1, -0.05) is 48.8 Å². The van der Waals surface area contributed by atoms with E-state index in [2.05, 4.69) is 36.7 Å². The van der Waals surface area contributed by atoms with Crippen molar-refractivity contribution in [1.29, 1.82) is 0 Å². The number of hydrogen-bond donors (Lipinski definition) is 0. The summed E-state index contributed by atoms with van der Waals surface area (Å²) in [5.74, 6) is 0.872. The first-order valence-corrected chi connectivity index (χ1v) is 8.70. The highest BCUT2D eigenvalue weighted by Gasteiger charge is 2.21. The molecule has 0 bridgehead atoms. The Kier molecular flexibility index (Phi) is 5.59. The Labute approximate surface area is 125 Å². The first-order valence-electron chi connectivity index (χ1n) is 6.34. The molecule has 0 aromatic heterocycles. The lowest BCUT2D eigenvalue weighted by molar-refractivity contribution is 0.520. The SMILES string of the molecule is CC(C)C(Br)C(C)c1ccc(S(=O)(=O)N(C)C)cc1. The van der Waals surface area contributed by atoms with Crippen molar-refractivity contribution in [3.05, 3.63) is 29.8 Å². The summed E-state index contributed by atoms with van der Waals surface area (Å²) in [5.41, 5.74) is 1.15. The fourth-order valence-electron chi connectivity index (χ4n) is 1.92. The summed E-state index contributed by atoms with van der Waals surface area (Å²) in [4.78, 5) is 0.716. The third-order valence-corrected chi connectivity index (χ3v) is 6.98. The standard InChI is InChI=1S/C14H22BrNO2S/c1-10(2)14(15)11(3)12-6-8-13(9-7-12)19(17,18)16(4)5/h6-11,14H,1-5H3. The molecule has 108 valence electrons. The average Bonchev–Trinajstić information content (AvgIpc) is 2.36. The minimum atomic E-state index is -3.33. The minimum Gasteiger partial charge on any atom is -0.207 e. The smallest absolute Gasteiger partial charge is 0.207 e. The molecule has 0 aliphatic heterocycles. The van der Waals surface area contributed by atoms with Gasteiger partial charge in [0.1, 0.15) is 0 Å². The van der Waals surface area contributed by atoms with Crippen molar-refractivity contribution in [2.45, 2.75) is 36.4 Å². The first kappa shape index (κ1) is 16.7. The van der Waals surface area contributed by atoms with E-state index in [-0.39, 0.29) is 0 Å². The molecule has 0 spiro atoms. The van der Waals surface area contributed by atoms with E-state index in [0.717, 1.165) is 5.56 Å². The second kappa shape index (κ2) is 6.37. The maximum absolute atomic E-state index is 12.0. The van der Waals surface area contributed by atoms with Gasteiger partial charge in [-0.3, -0.25) is 0 Å². The summed E-state index contributed by atoms with van der Waals surface area (Å²) in [7, 11) is -0.253. The Bertz CT molecular complexity index is 509. The topological polar surface area (TPSA) is 37.4 Å². The van der Waals surface area contributed by atoms with Crippen LogP contribution < -0.4 is 0 Å². The van der Waals surface area contributed by atoms with Crippen molar-refractivity contribution in [2.75, 3.05) is 14.1 Å². The third kappa shape index (κ3) is 3.80. The number of hydrogen-bond acceptors (Lipinski definition) is 2. The fourth-order valence-corrected chi connectivity index (χ4v) is 3.12. The van der Waals surface area contributed by atoms with Gasteiger partial charge in [0, 0.05) is 18.9 Å². The molecule has 0 amide bonds. The quantitative estimate of drug-likeness (QED) is 0.765. The Balaban J connectivity index is 3.01. The van der Waals surface area contributed by atoms with Crippen LogP contribution in [0.4, 0.5) is 0 Å². The fraction of sp³-hybridized carbons (Fsp3) is 0.571. The molecule has 0 saturated carbocycles. The van der Waals surface area contributed by atoms with Crippen molar-refractivity contribution in [1.82, 2.24) is 4.31 Å². The van der Waals surface area contributed by atoms with Gasteiger partial charge in [0.25, 0.3) is 0 Å². The average molecular weight is 348 g/mol. The molecule has 0 N–H and O–H groups in total. The molecule has 2 atom stereocenters. The van der Waals surface area contributed by atoms with Gasteiger partial charge in [-0.15, -0.1) is 0 Å². The number of benzene rings is 1. The molecule has 0 aliphatic carbocycles. The van der Waals surface area contributed by atoms with Crippen LogP contribution >= 0.6 is 15.9 Å². The molecule has 3 nitrogen and oxygen atoms in total. The van der Waals surface area contributed by atoms with Gasteiger partial charge in [-0.25, -0.2) is 12.7 Å². The molecule has 0 radical (unpaired) electrons. The first-order chi connectivity index (χ1) is 8.67. The van der Waals surface area contributed by atoms with Gasteiger partial charge in [-0.2, -0.15) is 0 Å². The van der Waals surface area contributed by atoms with Crippen molar-refractivity contribution in [2.24, 2.45) is 5.92 Å². The molecule has 0 fully saturated rings. The summed E-state index contributed by atoms with van der Waals surface area (Å²) in [6.45, 7) is 6.48. The Morgan fingerprint density at radius 2 is 1.53 bits per heavy atom. The van der Waals surface area contributed by atoms with Gasteiger partial charge in [-0.05, 0) is 29.5 Å². The van der Waals surface area contributed by atoms with Crippen LogP contribution in [-0.4, -0.2) is 31.6 Å². The van der Waals surface area contributed by atoms with Gasteiger partial charge < -0.3 is 0 Å². The van der Waals surface area contributed by atoms with Crippen LogP contribution in [0, 0.1) is 5.92 Å². The van der Waals surface area contributed by atoms with E-state index >= 15 is 0 Å². The van der Waals surface area contributed by atoms with E-state index in [1.54, 1.807) is 26.2 Å². The van der Waals surface area contributed by atoms with E-state index in [1.807, 2.05) is 12.1 Å². The van der Waals surface area contributed by atoms with Crippen LogP contribution in [0.5, 0.6) is 0 Å². The van der Waals surface area contributed by atoms with E-state index in [9.17, 15) is 8.42 Å². The highest BCUT2D eigenvalue weighted by molar-refractivity contribution is 9.09. The zero-order valence-electron chi connectivity index (χ0n) is 12.1. The van der Waals surface area contributed by atoms with Crippen LogP contribution in [0.25, 0.3) is 0 Å². The molecule has 0 aliphatic rings. The number of halogens is 1. The van der Waals surface area contributed by atoms with Gasteiger partial charge in [0.2, 0.25) is 10.0 Å². The third-order valence-electron chi connectivity index (χ3n) is 3.30. The van der Waals surface area contributed by atoms with E-state index < -0.39 is 10.0 Å². The molecule has 1 aromatic rings. The second-order valence-corrected chi connectivity index (χ2v) is 8.54. The predicted molar refractivity (Wildman–Crippen MR) is 83.3 cm³/mol. The predicted octanol–water partition coefficient (Wildman–Crippen LogP) is 3.46. The van der Waals surface area contributed by atoms with Gasteiger partial charge in [0.15, 0.2) is 0 Å². The molecule has 0 saturated heterocycles. The molecule has 2 unspecified atom stereocenters. The molecule has 5 heteroatoms. The Hall–Kier alpha value is -0.390. The molecule has 0 heterocycles. The number of sulfonamides is 1. The summed E-state index contributed by atoms with van der Waals surface area (Å²) >= 11 is 3.70.